The third-order valence-electron chi connectivity index (χ3n) is 2.41. The van der Waals surface area contributed by atoms with E-state index in [4.69, 9.17) is 11.6 Å². The molecule has 0 saturated heterocycles. The first-order chi connectivity index (χ1) is 9.15. The van der Waals surface area contributed by atoms with Crippen LogP contribution in [0.3, 0.4) is 0 Å². The van der Waals surface area contributed by atoms with E-state index < -0.39 is 5.82 Å². The molecule has 0 aliphatic rings. The molecule has 96 valence electrons. The zero-order valence-corrected chi connectivity index (χ0v) is 10.7. The predicted octanol–water partition coefficient (Wildman–Crippen LogP) is 4.13. The van der Waals surface area contributed by atoms with E-state index >= 15 is 0 Å². The Labute approximate surface area is 115 Å². The van der Waals surface area contributed by atoms with Crippen LogP contribution in [0.25, 0.3) is 6.08 Å². The van der Waals surface area contributed by atoms with Gasteiger partial charge in [-0.2, -0.15) is 0 Å². The summed E-state index contributed by atoms with van der Waals surface area (Å²) in [4.78, 5) is 11.6. The predicted molar refractivity (Wildman–Crippen MR) is 75.5 cm³/mol. The van der Waals surface area contributed by atoms with Gasteiger partial charge in [0.2, 0.25) is 5.91 Å². The smallest absolute Gasteiger partial charge is 0.248 e. The van der Waals surface area contributed by atoms with Gasteiger partial charge in [-0.25, -0.2) is 4.39 Å². The Morgan fingerprint density at radius 1 is 1.16 bits per heavy atom. The SMILES string of the molecule is O=C(C=Cc1ccccc1)Nc1ccc(Cl)c(F)c1. The van der Waals surface area contributed by atoms with Crippen LogP contribution in [0.15, 0.2) is 54.6 Å². The number of amides is 1. The van der Waals surface area contributed by atoms with E-state index in [0.29, 0.717) is 5.69 Å². The number of nitrogens with one attached hydrogen (secondary N) is 1. The maximum absolute atomic E-state index is 13.2. The minimum atomic E-state index is -0.563. The van der Waals surface area contributed by atoms with E-state index in [1.165, 1.54) is 18.2 Å². The summed E-state index contributed by atoms with van der Waals surface area (Å²) in [7, 11) is 0. The number of hydrogen-bond acceptors (Lipinski definition) is 1. The van der Waals surface area contributed by atoms with Crippen LogP contribution in [0.5, 0.6) is 0 Å². The van der Waals surface area contributed by atoms with Gasteiger partial charge in [0, 0.05) is 11.8 Å². The fourth-order valence-electron chi connectivity index (χ4n) is 1.49. The lowest BCUT2D eigenvalue weighted by Gasteiger charge is -2.02. The van der Waals surface area contributed by atoms with E-state index in [2.05, 4.69) is 5.32 Å². The largest absolute Gasteiger partial charge is 0.322 e. The van der Waals surface area contributed by atoms with E-state index in [1.807, 2.05) is 30.3 Å². The van der Waals surface area contributed by atoms with Crippen molar-refractivity contribution in [2.24, 2.45) is 0 Å². The zero-order valence-electron chi connectivity index (χ0n) is 9.94. The highest BCUT2D eigenvalue weighted by molar-refractivity contribution is 6.30. The molecule has 2 aromatic rings. The van der Waals surface area contributed by atoms with Gasteiger partial charge in [0.25, 0.3) is 0 Å². The van der Waals surface area contributed by atoms with Crippen LogP contribution in [0.2, 0.25) is 5.02 Å². The molecule has 0 aliphatic heterocycles. The van der Waals surface area contributed by atoms with Crippen LogP contribution >= 0.6 is 11.6 Å². The van der Waals surface area contributed by atoms with Crippen molar-refractivity contribution in [3.05, 3.63) is 71.0 Å². The summed E-state index contributed by atoms with van der Waals surface area (Å²) in [5.74, 6) is -0.892. The van der Waals surface area contributed by atoms with Crippen LogP contribution in [-0.4, -0.2) is 5.91 Å². The minimum absolute atomic E-state index is 0.0258. The first-order valence-corrected chi connectivity index (χ1v) is 6.02. The summed E-state index contributed by atoms with van der Waals surface area (Å²) in [6.07, 6.45) is 3.07. The highest BCUT2D eigenvalue weighted by atomic mass is 35.5. The van der Waals surface area contributed by atoms with Crippen LogP contribution < -0.4 is 5.32 Å². The molecule has 0 spiro atoms. The lowest BCUT2D eigenvalue weighted by molar-refractivity contribution is -0.111. The van der Waals surface area contributed by atoms with Gasteiger partial charge >= 0.3 is 0 Å². The number of halogens is 2. The topological polar surface area (TPSA) is 29.1 Å². The third kappa shape index (κ3) is 3.93. The van der Waals surface area contributed by atoms with E-state index in [-0.39, 0.29) is 10.9 Å². The maximum Gasteiger partial charge on any atom is 0.248 e. The van der Waals surface area contributed by atoms with E-state index in [0.717, 1.165) is 5.56 Å². The molecule has 1 amide bonds. The van der Waals surface area contributed by atoms with Gasteiger partial charge < -0.3 is 5.32 Å². The highest BCUT2D eigenvalue weighted by Crippen LogP contribution is 2.18. The maximum atomic E-state index is 13.2. The Hall–Kier alpha value is -2.13. The lowest BCUT2D eigenvalue weighted by atomic mass is 10.2. The zero-order chi connectivity index (χ0) is 13.7. The van der Waals surface area contributed by atoms with Crippen LogP contribution in [-0.2, 0) is 4.79 Å². The molecule has 0 saturated carbocycles. The van der Waals surface area contributed by atoms with Gasteiger partial charge in [-0.3, -0.25) is 4.79 Å². The van der Waals surface area contributed by atoms with Gasteiger partial charge in [0.1, 0.15) is 5.82 Å². The molecule has 19 heavy (non-hydrogen) atoms. The number of benzene rings is 2. The standard InChI is InChI=1S/C15H11ClFNO/c16-13-8-7-12(10-14(13)17)18-15(19)9-6-11-4-2-1-3-5-11/h1-10H,(H,18,19). The second kappa shape index (κ2) is 6.16. The Kier molecular flexibility index (Phi) is 4.31. The molecule has 2 rings (SSSR count). The quantitative estimate of drug-likeness (QED) is 0.839. The Balaban J connectivity index is 2.01. The molecule has 0 atom stereocenters. The molecule has 0 fully saturated rings. The molecule has 0 aliphatic carbocycles. The second-order valence-corrected chi connectivity index (χ2v) is 4.27. The van der Waals surface area contributed by atoms with Crippen molar-refractivity contribution in [1.29, 1.82) is 0 Å². The van der Waals surface area contributed by atoms with E-state index in [9.17, 15) is 9.18 Å². The molecular weight excluding hydrogens is 265 g/mol. The van der Waals surface area contributed by atoms with Crippen molar-refractivity contribution in [1.82, 2.24) is 0 Å². The van der Waals surface area contributed by atoms with Crippen molar-refractivity contribution in [2.75, 3.05) is 5.32 Å². The van der Waals surface area contributed by atoms with Crippen molar-refractivity contribution >= 4 is 29.3 Å². The molecule has 4 heteroatoms. The summed E-state index contributed by atoms with van der Waals surface area (Å²) in [5.41, 5.74) is 1.28. The van der Waals surface area contributed by atoms with Crippen LogP contribution in [0, 0.1) is 5.82 Å². The number of carbonyl (C=O) groups excluding carboxylic acids is 1. The first-order valence-electron chi connectivity index (χ1n) is 5.64. The van der Waals surface area contributed by atoms with E-state index in [1.54, 1.807) is 12.1 Å². The van der Waals surface area contributed by atoms with Crippen molar-refractivity contribution in [2.45, 2.75) is 0 Å². The molecular formula is C15H11ClFNO. The molecule has 0 radical (unpaired) electrons. The highest BCUT2D eigenvalue weighted by Gasteiger charge is 2.02. The summed E-state index contributed by atoms with van der Waals surface area (Å²) < 4.78 is 13.2. The third-order valence-corrected chi connectivity index (χ3v) is 2.72. The first kappa shape index (κ1) is 13.3. The van der Waals surface area contributed by atoms with Crippen molar-refractivity contribution < 1.29 is 9.18 Å². The van der Waals surface area contributed by atoms with Crippen molar-refractivity contribution in [3.8, 4) is 0 Å². The molecule has 0 bridgehead atoms. The second-order valence-electron chi connectivity index (χ2n) is 3.86. The Bertz CT molecular complexity index is 611. The van der Waals surface area contributed by atoms with Crippen LogP contribution in [0.1, 0.15) is 5.56 Å². The van der Waals surface area contributed by atoms with Crippen molar-refractivity contribution in [3.63, 3.8) is 0 Å². The summed E-state index contributed by atoms with van der Waals surface area (Å²) >= 11 is 5.56. The molecule has 2 aromatic carbocycles. The molecule has 0 aromatic heterocycles. The number of anilines is 1. The normalized spacial score (nSPS) is 10.6. The van der Waals surface area contributed by atoms with Crippen LogP contribution in [0.4, 0.5) is 10.1 Å². The molecule has 2 nitrogen and oxygen atoms in total. The molecule has 1 N–H and O–H groups in total. The van der Waals surface area contributed by atoms with Gasteiger partial charge in [-0.1, -0.05) is 41.9 Å². The average Bonchev–Trinajstić information content (AvgIpc) is 2.42. The number of rotatable bonds is 3. The fourth-order valence-corrected chi connectivity index (χ4v) is 1.61. The summed E-state index contributed by atoms with van der Waals surface area (Å²) in [5, 5.41) is 2.58. The van der Waals surface area contributed by atoms with Gasteiger partial charge in [-0.15, -0.1) is 0 Å². The molecule has 0 unspecified atom stereocenters. The number of hydrogen-bond donors (Lipinski definition) is 1. The average molecular weight is 276 g/mol. The minimum Gasteiger partial charge on any atom is -0.322 e. The van der Waals surface area contributed by atoms with Gasteiger partial charge in [0.15, 0.2) is 0 Å². The van der Waals surface area contributed by atoms with Gasteiger partial charge in [-0.05, 0) is 29.8 Å². The summed E-state index contributed by atoms with van der Waals surface area (Å²) in [6.45, 7) is 0. The lowest BCUT2D eigenvalue weighted by Crippen LogP contribution is -2.07. The molecule has 0 heterocycles. The van der Waals surface area contributed by atoms with Gasteiger partial charge in [0.05, 0.1) is 5.02 Å². The monoisotopic (exact) mass is 275 g/mol. The summed E-state index contributed by atoms with van der Waals surface area (Å²) in [6, 6.07) is 13.5. The Morgan fingerprint density at radius 2 is 1.89 bits per heavy atom. The Morgan fingerprint density at radius 3 is 2.58 bits per heavy atom. The number of carbonyl (C=O) groups is 1. The fraction of sp³-hybridized carbons (Fsp3) is 0.